The van der Waals surface area contributed by atoms with Gasteiger partial charge in [0.25, 0.3) is 0 Å². The van der Waals surface area contributed by atoms with Crippen LogP contribution >= 0.6 is 11.8 Å². The molecule has 1 aromatic carbocycles. The van der Waals surface area contributed by atoms with E-state index in [9.17, 15) is 22.8 Å². The molecule has 1 aliphatic rings. The predicted octanol–water partition coefficient (Wildman–Crippen LogP) is 2.49. The summed E-state index contributed by atoms with van der Waals surface area (Å²) in [7, 11) is 0. The zero-order valence-electron chi connectivity index (χ0n) is 13.6. The van der Waals surface area contributed by atoms with Crippen molar-refractivity contribution < 1.29 is 22.8 Å². The maximum absolute atomic E-state index is 12.3. The van der Waals surface area contributed by atoms with Gasteiger partial charge in [-0.3, -0.25) is 9.59 Å². The van der Waals surface area contributed by atoms with Crippen LogP contribution in [0.15, 0.2) is 29.2 Å². The van der Waals surface area contributed by atoms with Crippen LogP contribution in [0.3, 0.4) is 0 Å². The molecule has 0 aromatic heterocycles. The van der Waals surface area contributed by atoms with E-state index in [-0.39, 0.29) is 24.9 Å². The Morgan fingerprint density at radius 1 is 1.12 bits per heavy atom. The Kier molecular flexibility index (Phi) is 6.98. The molecule has 1 aliphatic heterocycles. The highest BCUT2D eigenvalue weighted by Crippen LogP contribution is 2.31. The van der Waals surface area contributed by atoms with Gasteiger partial charge in [0.1, 0.15) is 0 Å². The van der Waals surface area contributed by atoms with Crippen LogP contribution in [-0.4, -0.2) is 54.8 Å². The van der Waals surface area contributed by atoms with Crippen LogP contribution in [0.1, 0.15) is 12.8 Å². The summed E-state index contributed by atoms with van der Waals surface area (Å²) in [6, 6.07) is 6.49. The molecule has 0 saturated carbocycles. The molecule has 0 aliphatic carbocycles. The van der Waals surface area contributed by atoms with Gasteiger partial charge in [0.05, 0.1) is 18.8 Å². The van der Waals surface area contributed by atoms with Crippen LogP contribution in [0.5, 0.6) is 0 Å². The number of hydrogen-bond donors (Lipinski definition) is 2. The zero-order chi connectivity index (χ0) is 18.3. The van der Waals surface area contributed by atoms with E-state index < -0.39 is 11.9 Å². The second kappa shape index (κ2) is 8.98. The van der Waals surface area contributed by atoms with Gasteiger partial charge in [-0.1, -0.05) is 12.1 Å². The van der Waals surface area contributed by atoms with Crippen LogP contribution in [0.2, 0.25) is 0 Å². The smallest absolute Gasteiger partial charge is 0.375 e. The Bertz CT molecular complexity index is 605. The molecule has 0 radical (unpaired) electrons. The number of alkyl halides is 3. The summed E-state index contributed by atoms with van der Waals surface area (Å²) < 4.78 is 37.0. The number of carbonyl (C=O) groups is 2. The fraction of sp³-hybridized carbons (Fsp3) is 0.500. The third-order valence-corrected chi connectivity index (χ3v) is 4.75. The lowest BCUT2D eigenvalue weighted by Gasteiger charge is -2.16. The lowest BCUT2D eigenvalue weighted by atomic mass is 10.3. The van der Waals surface area contributed by atoms with Gasteiger partial charge in [0.2, 0.25) is 11.8 Å². The van der Waals surface area contributed by atoms with Crippen LogP contribution < -0.4 is 10.6 Å². The molecule has 1 heterocycles. The Labute approximate surface area is 148 Å². The molecule has 0 spiro atoms. The first-order valence-electron chi connectivity index (χ1n) is 7.92. The maximum Gasteiger partial charge on any atom is 0.398 e. The van der Waals surface area contributed by atoms with Gasteiger partial charge >= 0.3 is 6.18 Å². The molecule has 0 atom stereocenters. The Morgan fingerprint density at radius 3 is 2.48 bits per heavy atom. The highest BCUT2D eigenvalue weighted by molar-refractivity contribution is 7.99. The number of carbonyl (C=O) groups excluding carboxylic acids is 2. The van der Waals surface area contributed by atoms with Gasteiger partial charge in [-0.15, -0.1) is 11.8 Å². The minimum Gasteiger partial charge on any atom is -0.375 e. The van der Waals surface area contributed by atoms with Gasteiger partial charge in [-0.2, -0.15) is 13.2 Å². The number of likely N-dealkylation sites (tertiary alicyclic amines) is 1. The van der Waals surface area contributed by atoms with Crippen molar-refractivity contribution in [1.29, 1.82) is 0 Å². The molecule has 25 heavy (non-hydrogen) atoms. The van der Waals surface area contributed by atoms with Gasteiger partial charge < -0.3 is 15.5 Å². The number of thioether (sulfide) groups is 1. The number of benzene rings is 1. The topological polar surface area (TPSA) is 61.4 Å². The fourth-order valence-electron chi connectivity index (χ4n) is 2.39. The molecular formula is C16H20F3N3O2S. The lowest BCUT2D eigenvalue weighted by molar-refractivity contribution is -0.131. The molecular weight excluding hydrogens is 355 g/mol. The quantitative estimate of drug-likeness (QED) is 0.719. The number of rotatable bonds is 7. The molecule has 138 valence electrons. The first-order valence-corrected chi connectivity index (χ1v) is 8.90. The second-order valence-electron chi connectivity index (χ2n) is 5.62. The van der Waals surface area contributed by atoms with Crippen LogP contribution in [0.25, 0.3) is 0 Å². The minimum absolute atomic E-state index is 0.0645. The summed E-state index contributed by atoms with van der Waals surface area (Å²) in [6.45, 7) is 1.26. The largest absolute Gasteiger partial charge is 0.398 e. The monoisotopic (exact) mass is 375 g/mol. The summed E-state index contributed by atoms with van der Waals surface area (Å²) in [5.74, 6) is -1.50. The number of amides is 2. The molecule has 1 aromatic rings. The molecule has 2 amide bonds. The number of nitrogens with one attached hydrogen (secondary N) is 2. The number of para-hydroxylation sites is 1. The van der Waals surface area contributed by atoms with Crippen molar-refractivity contribution in [3.8, 4) is 0 Å². The number of nitrogens with zero attached hydrogens (tertiary/aromatic N) is 1. The zero-order valence-corrected chi connectivity index (χ0v) is 14.4. The van der Waals surface area contributed by atoms with Crippen LogP contribution in [0.4, 0.5) is 18.9 Å². The van der Waals surface area contributed by atoms with Crippen LogP contribution in [0, 0.1) is 0 Å². The minimum atomic E-state index is -4.26. The number of halogens is 3. The second-order valence-corrected chi connectivity index (χ2v) is 6.64. The standard InChI is InChI=1S/C16H20F3N3O2S/c17-16(18,19)11-25-13-6-2-1-5-12(13)20-9-14(23)21-10-15(24)22-7-3-4-8-22/h1-2,5-6,20H,3-4,7-11H2,(H,21,23). The van der Waals surface area contributed by atoms with Crippen molar-refractivity contribution in [2.24, 2.45) is 0 Å². The summed E-state index contributed by atoms with van der Waals surface area (Å²) in [5, 5.41) is 5.34. The molecule has 0 bridgehead atoms. The van der Waals surface area contributed by atoms with Crippen molar-refractivity contribution in [1.82, 2.24) is 10.2 Å². The normalized spacial score (nSPS) is 14.4. The molecule has 0 unspecified atom stereocenters. The van der Waals surface area contributed by atoms with E-state index in [0.717, 1.165) is 25.9 Å². The third-order valence-electron chi connectivity index (χ3n) is 3.61. The maximum atomic E-state index is 12.3. The third kappa shape index (κ3) is 6.85. The van der Waals surface area contributed by atoms with E-state index in [1.807, 2.05) is 0 Å². The van der Waals surface area contributed by atoms with Gasteiger partial charge in [0.15, 0.2) is 0 Å². The molecule has 2 N–H and O–H groups in total. The van der Waals surface area contributed by atoms with E-state index in [1.165, 1.54) is 0 Å². The van der Waals surface area contributed by atoms with E-state index in [0.29, 0.717) is 22.3 Å². The molecule has 5 nitrogen and oxygen atoms in total. The Hall–Kier alpha value is -1.90. The molecule has 1 saturated heterocycles. The summed E-state index contributed by atoms with van der Waals surface area (Å²) in [6.07, 6.45) is -2.30. The van der Waals surface area contributed by atoms with Gasteiger partial charge in [-0.05, 0) is 25.0 Å². The lowest BCUT2D eigenvalue weighted by Crippen LogP contribution is -2.40. The van der Waals surface area contributed by atoms with Crippen LogP contribution in [-0.2, 0) is 9.59 Å². The van der Waals surface area contributed by atoms with Crippen molar-refractivity contribution in [3.63, 3.8) is 0 Å². The first-order chi connectivity index (χ1) is 11.8. The average Bonchev–Trinajstić information content (AvgIpc) is 3.10. The Balaban J connectivity index is 1.78. The molecule has 2 rings (SSSR count). The predicted molar refractivity (Wildman–Crippen MR) is 90.5 cm³/mol. The highest BCUT2D eigenvalue weighted by atomic mass is 32.2. The van der Waals surface area contributed by atoms with E-state index in [1.54, 1.807) is 29.2 Å². The van der Waals surface area contributed by atoms with E-state index in [2.05, 4.69) is 10.6 Å². The number of anilines is 1. The number of hydrogen-bond acceptors (Lipinski definition) is 4. The average molecular weight is 375 g/mol. The van der Waals surface area contributed by atoms with Gasteiger partial charge in [0, 0.05) is 23.7 Å². The summed E-state index contributed by atoms with van der Waals surface area (Å²) in [5.41, 5.74) is 0.456. The summed E-state index contributed by atoms with van der Waals surface area (Å²) >= 11 is 0.661. The molecule has 1 fully saturated rings. The first kappa shape index (κ1) is 19.4. The van der Waals surface area contributed by atoms with Crippen molar-refractivity contribution in [2.75, 3.05) is 37.2 Å². The summed E-state index contributed by atoms with van der Waals surface area (Å²) in [4.78, 5) is 25.8. The Morgan fingerprint density at radius 2 is 1.80 bits per heavy atom. The fourth-order valence-corrected chi connectivity index (χ4v) is 3.18. The van der Waals surface area contributed by atoms with E-state index >= 15 is 0 Å². The SMILES string of the molecule is O=C(CNc1ccccc1SCC(F)(F)F)NCC(=O)N1CCCC1. The van der Waals surface area contributed by atoms with Crippen molar-refractivity contribution >= 4 is 29.3 Å². The van der Waals surface area contributed by atoms with Gasteiger partial charge in [-0.25, -0.2) is 0 Å². The van der Waals surface area contributed by atoms with Crippen molar-refractivity contribution in [3.05, 3.63) is 24.3 Å². The van der Waals surface area contributed by atoms with Crippen molar-refractivity contribution in [2.45, 2.75) is 23.9 Å². The highest BCUT2D eigenvalue weighted by Gasteiger charge is 2.27. The van der Waals surface area contributed by atoms with E-state index in [4.69, 9.17) is 0 Å². The molecule has 9 heteroatoms.